The van der Waals surface area contributed by atoms with E-state index in [-0.39, 0.29) is 0 Å². The molecule has 0 bridgehead atoms. The van der Waals surface area contributed by atoms with Crippen LogP contribution >= 0.6 is 0 Å². The van der Waals surface area contributed by atoms with E-state index >= 15 is 0 Å². The zero-order valence-electron chi connectivity index (χ0n) is 8.61. The van der Waals surface area contributed by atoms with Crippen LogP contribution in [0.5, 0.6) is 0 Å². The maximum atomic E-state index is 4.24. The standard InChI is InChI=1S/C13H14N2/c1-2-9-3-10(6-14-5-9)12-4-11-7-15-8-13(11)12/h2-6,11,13,15H,1,7-8H2/t11-,13+/m0/s1. The van der Waals surface area contributed by atoms with Crippen LogP contribution in [0.2, 0.25) is 0 Å². The first kappa shape index (κ1) is 8.86. The Kier molecular flexibility index (Phi) is 1.96. The Labute approximate surface area is 89.7 Å². The van der Waals surface area contributed by atoms with Crippen LogP contribution in [-0.2, 0) is 0 Å². The van der Waals surface area contributed by atoms with Gasteiger partial charge in [-0.2, -0.15) is 0 Å². The van der Waals surface area contributed by atoms with Crippen molar-refractivity contribution in [2.24, 2.45) is 11.8 Å². The fourth-order valence-corrected chi connectivity index (χ4v) is 2.49. The molecule has 2 heterocycles. The summed E-state index contributed by atoms with van der Waals surface area (Å²) < 4.78 is 0. The van der Waals surface area contributed by atoms with Crippen LogP contribution in [0, 0.1) is 11.8 Å². The highest BCUT2D eigenvalue weighted by molar-refractivity contribution is 5.74. The minimum Gasteiger partial charge on any atom is -0.315 e. The molecule has 1 fully saturated rings. The summed E-state index contributed by atoms with van der Waals surface area (Å²) in [5, 5.41) is 3.42. The second-order valence-corrected chi connectivity index (χ2v) is 4.26. The molecule has 2 aliphatic rings. The molecule has 0 saturated carbocycles. The highest BCUT2D eigenvalue weighted by atomic mass is 14.9. The second-order valence-electron chi connectivity index (χ2n) is 4.26. The normalized spacial score (nSPS) is 27.9. The van der Waals surface area contributed by atoms with Gasteiger partial charge in [0.1, 0.15) is 0 Å². The molecule has 0 aromatic carbocycles. The van der Waals surface area contributed by atoms with Crippen molar-refractivity contribution in [3.05, 3.63) is 42.2 Å². The van der Waals surface area contributed by atoms with E-state index in [4.69, 9.17) is 0 Å². The molecular weight excluding hydrogens is 184 g/mol. The molecule has 0 unspecified atom stereocenters. The van der Waals surface area contributed by atoms with E-state index in [1.807, 2.05) is 18.5 Å². The number of hydrogen-bond acceptors (Lipinski definition) is 2. The molecule has 1 aromatic heterocycles. The lowest BCUT2D eigenvalue weighted by Gasteiger charge is -2.29. The van der Waals surface area contributed by atoms with Crippen molar-refractivity contribution in [2.45, 2.75) is 0 Å². The lowest BCUT2D eigenvalue weighted by molar-refractivity contribution is 0.564. The Balaban J connectivity index is 1.94. The first-order valence-corrected chi connectivity index (χ1v) is 5.39. The summed E-state index contributed by atoms with van der Waals surface area (Å²) in [6, 6.07) is 2.17. The van der Waals surface area contributed by atoms with E-state index in [9.17, 15) is 0 Å². The number of rotatable bonds is 2. The molecule has 1 saturated heterocycles. The molecule has 2 heteroatoms. The van der Waals surface area contributed by atoms with Crippen molar-refractivity contribution in [1.29, 1.82) is 0 Å². The van der Waals surface area contributed by atoms with Crippen LogP contribution in [-0.4, -0.2) is 18.1 Å². The molecule has 2 atom stereocenters. The number of pyridine rings is 1. The third kappa shape index (κ3) is 1.33. The van der Waals surface area contributed by atoms with E-state index in [1.54, 1.807) is 0 Å². The van der Waals surface area contributed by atoms with E-state index in [2.05, 4.69) is 29.0 Å². The average Bonchev–Trinajstić information content (AvgIpc) is 2.61. The summed E-state index contributed by atoms with van der Waals surface area (Å²) in [5.74, 6) is 1.47. The SMILES string of the molecule is C=Cc1cncc(C2=C[C@H]3CNC[C@@H]23)c1. The largest absolute Gasteiger partial charge is 0.315 e. The first-order valence-electron chi connectivity index (χ1n) is 5.39. The lowest BCUT2D eigenvalue weighted by atomic mass is 9.74. The Morgan fingerprint density at radius 1 is 1.40 bits per heavy atom. The van der Waals surface area contributed by atoms with Gasteiger partial charge in [-0.05, 0) is 28.7 Å². The summed E-state index contributed by atoms with van der Waals surface area (Å²) in [6.07, 6.45) is 8.02. The fourth-order valence-electron chi connectivity index (χ4n) is 2.49. The van der Waals surface area contributed by atoms with Gasteiger partial charge in [0.05, 0.1) is 0 Å². The van der Waals surface area contributed by atoms with Crippen LogP contribution in [0.4, 0.5) is 0 Å². The van der Waals surface area contributed by atoms with Crippen molar-refractivity contribution < 1.29 is 0 Å². The second kappa shape index (κ2) is 3.31. The van der Waals surface area contributed by atoms with Crippen LogP contribution in [0.3, 0.4) is 0 Å². The monoisotopic (exact) mass is 198 g/mol. The van der Waals surface area contributed by atoms with Crippen molar-refractivity contribution in [3.63, 3.8) is 0 Å². The molecule has 0 spiro atoms. The van der Waals surface area contributed by atoms with Gasteiger partial charge in [0.2, 0.25) is 0 Å². The maximum Gasteiger partial charge on any atom is 0.0343 e. The number of aromatic nitrogens is 1. The van der Waals surface area contributed by atoms with E-state index in [1.165, 1.54) is 11.1 Å². The smallest absolute Gasteiger partial charge is 0.0343 e. The Morgan fingerprint density at radius 2 is 2.33 bits per heavy atom. The molecule has 15 heavy (non-hydrogen) atoms. The highest BCUT2D eigenvalue weighted by Crippen LogP contribution is 2.42. The van der Waals surface area contributed by atoms with Gasteiger partial charge in [-0.15, -0.1) is 0 Å². The minimum atomic E-state index is 0.715. The number of fused-ring (bicyclic) bond motifs is 1. The lowest BCUT2D eigenvalue weighted by Crippen LogP contribution is -2.22. The molecule has 2 nitrogen and oxygen atoms in total. The summed E-state index contributed by atoms with van der Waals surface area (Å²) in [4.78, 5) is 4.24. The van der Waals surface area contributed by atoms with Gasteiger partial charge in [-0.1, -0.05) is 18.7 Å². The van der Waals surface area contributed by atoms with Crippen LogP contribution in [0.25, 0.3) is 11.6 Å². The fraction of sp³-hybridized carbons (Fsp3) is 0.308. The molecule has 1 aromatic rings. The van der Waals surface area contributed by atoms with Crippen molar-refractivity contribution in [2.75, 3.05) is 13.1 Å². The van der Waals surface area contributed by atoms with Gasteiger partial charge in [0.25, 0.3) is 0 Å². The van der Waals surface area contributed by atoms with Gasteiger partial charge < -0.3 is 5.32 Å². The van der Waals surface area contributed by atoms with Crippen LogP contribution in [0.1, 0.15) is 11.1 Å². The van der Waals surface area contributed by atoms with Crippen molar-refractivity contribution >= 4 is 11.6 Å². The van der Waals surface area contributed by atoms with E-state index in [0.29, 0.717) is 5.92 Å². The maximum absolute atomic E-state index is 4.24. The van der Waals surface area contributed by atoms with Gasteiger partial charge >= 0.3 is 0 Å². The van der Waals surface area contributed by atoms with E-state index < -0.39 is 0 Å². The molecule has 1 aliphatic carbocycles. The number of nitrogens with one attached hydrogen (secondary N) is 1. The van der Waals surface area contributed by atoms with Crippen molar-refractivity contribution in [1.82, 2.24) is 10.3 Å². The zero-order valence-corrected chi connectivity index (χ0v) is 8.61. The minimum absolute atomic E-state index is 0.715. The van der Waals surface area contributed by atoms with Gasteiger partial charge in [0.15, 0.2) is 0 Å². The Morgan fingerprint density at radius 3 is 3.13 bits per heavy atom. The summed E-state index contributed by atoms with van der Waals surface area (Å²) in [7, 11) is 0. The molecule has 3 rings (SSSR count). The molecule has 0 amide bonds. The number of nitrogens with zero attached hydrogens (tertiary/aromatic N) is 1. The van der Waals surface area contributed by atoms with Crippen LogP contribution in [0.15, 0.2) is 31.1 Å². The molecule has 1 aliphatic heterocycles. The third-order valence-corrected chi connectivity index (χ3v) is 3.38. The third-order valence-electron chi connectivity index (χ3n) is 3.38. The highest BCUT2D eigenvalue weighted by Gasteiger charge is 2.36. The van der Waals surface area contributed by atoms with E-state index in [0.717, 1.165) is 24.6 Å². The molecular formula is C13H14N2. The summed E-state index contributed by atoms with van der Waals surface area (Å²) in [5.41, 5.74) is 3.82. The quantitative estimate of drug-likeness (QED) is 0.785. The first-order chi connectivity index (χ1) is 7.38. The summed E-state index contributed by atoms with van der Waals surface area (Å²) in [6.45, 7) is 6.03. The Bertz CT molecular complexity index is 434. The zero-order chi connectivity index (χ0) is 10.3. The predicted molar refractivity (Wildman–Crippen MR) is 62.2 cm³/mol. The molecule has 1 N–H and O–H groups in total. The Hall–Kier alpha value is -1.41. The van der Waals surface area contributed by atoms with Gasteiger partial charge in [-0.3, -0.25) is 4.98 Å². The molecule has 0 radical (unpaired) electrons. The average molecular weight is 198 g/mol. The number of hydrogen-bond donors (Lipinski definition) is 1. The molecule has 76 valence electrons. The van der Waals surface area contributed by atoms with Gasteiger partial charge in [0, 0.05) is 31.4 Å². The van der Waals surface area contributed by atoms with Crippen LogP contribution < -0.4 is 5.32 Å². The predicted octanol–water partition coefficient (Wildman–Crippen LogP) is 1.96. The van der Waals surface area contributed by atoms with Gasteiger partial charge in [-0.25, -0.2) is 0 Å². The summed E-state index contributed by atoms with van der Waals surface area (Å²) >= 11 is 0. The topological polar surface area (TPSA) is 24.9 Å². The van der Waals surface area contributed by atoms with Crippen molar-refractivity contribution in [3.8, 4) is 0 Å².